The predicted octanol–water partition coefficient (Wildman–Crippen LogP) is 1.39. The zero-order valence-electron chi connectivity index (χ0n) is 8.61. The van der Waals surface area contributed by atoms with Crippen molar-refractivity contribution in [3.05, 3.63) is 35.5 Å². The molecule has 0 spiro atoms. The van der Waals surface area contributed by atoms with Crippen LogP contribution in [0, 0.1) is 5.82 Å². The highest BCUT2D eigenvalue weighted by Gasteiger charge is 2.09. The average molecular weight is 223 g/mol. The van der Waals surface area contributed by atoms with Gasteiger partial charge in [-0.1, -0.05) is 6.07 Å². The number of nitrogens with zero attached hydrogens (tertiary/aromatic N) is 2. The largest absolute Gasteiger partial charge is 0.497 e. The van der Waals surface area contributed by atoms with E-state index in [0.717, 1.165) is 0 Å². The van der Waals surface area contributed by atoms with Gasteiger partial charge < -0.3 is 15.0 Å². The highest BCUT2D eigenvalue weighted by Crippen LogP contribution is 2.18. The van der Waals surface area contributed by atoms with E-state index < -0.39 is 0 Å². The van der Waals surface area contributed by atoms with E-state index in [1.165, 1.54) is 13.2 Å². The first-order valence-corrected chi connectivity index (χ1v) is 4.59. The fraction of sp³-hybridized carbons (Fsp3) is 0.200. The quantitative estimate of drug-likeness (QED) is 0.851. The molecule has 16 heavy (non-hydrogen) atoms. The molecule has 2 N–H and O–H groups in total. The van der Waals surface area contributed by atoms with Crippen molar-refractivity contribution in [1.82, 2.24) is 10.1 Å². The summed E-state index contributed by atoms with van der Waals surface area (Å²) in [7, 11) is 1.48. The number of nitrogens with two attached hydrogens (primary N) is 1. The van der Waals surface area contributed by atoms with Crippen molar-refractivity contribution in [2.75, 3.05) is 12.8 Å². The van der Waals surface area contributed by atoms with Crippen LogP contribution in [0.15, 0.2) is 22.7 Å². The van der Waals surface area contributed by atoms with Gasteiger partial charge in [-0.3, -0.25) is 0 Å². The van der Waals surface area contributed by atoms with Crippen LogP contribution in [-0.4, -0.2) is 17.3 Å². The normalized spacial score (nSPS) is 10.4. The lowest BCUT2D eigenvalue weighted by atomic mass is 10.1. The number of benzene rings is 1. The molecule has 5 nitrogen and oxygen atoms in total. The van der Waals surface area contributed by atoms with E-state index in [-0.39, 0.29) is 24.1 Å². The minimum Gasteiger partial charge on any atom is -0.497 e. The first kappa shape index (κ1) is 10.4. The Morgan fingerprint density at radius 2 is 2.31 bits per heavy atom. The molecule has 0 saturated carbocycles. The lowest BCUT2D eigenvalue weighted by molar-refractivity contribution is 0.384. The van der Waals surface area contributed by atoms with E-state index in [4.69, 9.17) is 15.0 Å². The summed E-state index contributed by atoms with van der Waals surface area (Å²) in [6.45, 7) is 0. The summed E-state index contributed by atoms with van der Waals surface area (Å²) in [5.41, 5.74) is 5.73. The SMILES string of the molecule is COc1ccc(Cc2nc(N)no2)c(F)c1. The molecule has 0 atom stereocenters. The number of anilines is 1. The molecule has 0 aliphatic carbocycles. The number of hydrogen-bond donors (Lipinski definition) is 1. The molecule has 2 rings (SSSR count). The van der Waals surface area contributed by atoms with Crippen LogP contribution in [0.4, 0.5) is 10.3 Å². The second-order valence-corrected chi connectivity index (χ2v) is 3.18. The molecule has 0 amide bonds. The summed E-state index contributed by atoms with van der Waals surface area (Å²) in [5.74, 6) is 0.410. The fourth-order valence-electron chi connectivity index (χ4n) is 1.30. The van der Waals surface area contributed by atoms with E-state index >= 15 is 0 Å². The molecular formula is C10H10FN3O2. The van der Waals surface area contributed by atoms with E-state index in [0.29, 0.717) is 11.3 Å². The van der Waals surface area contributed by atoms with Crippen molar-refractivity contribution >= 4 is 5.95 Å². The van der Waals surface area contributed by atoms with Crippen LogP contribution < -0.4 is 10.5 Å². The Morgan fingerprint density at radius 3 is 2.88 bits per heavy atom. The van der Waals surface area contributed by atoms with Gasteiger partial charge in [0, 0.05) is 6.07 Å². The lowest BCUT2D eigenvalue weighted by Gasteiger charge is -2.02. The van der Waals surface area contributed by atoms with Gasteiger partial charge in [0.15, 0.2) is 0 Å². The van der Waals surface area contributed by atoms with Gasteiger partial charge in [-0.2, -0.15) is 4.98 Å². The Bertz CT molecular complexity index is 499. The van der Waals surface area contributed by atoms with E-state index in [1.807, 2.05) is 0 Å². The van der Waals surface area contributed by atoms with Crippen LogP contribution >= 0.6 is 0 Å². The molecule has 1 aromatic heterocycles. The zero-order chi connectivity index (χ0) is 11.5. The van der Waals surface area contributed by atoms with Crippen molar-refractivity contribution in [3.63, 3.8) is 0 Å². The third-order valence-corrected chi connectivity index (χ3v) is 2.09. The Labute approximate surface area is 91.0 Å². The number of methoxy groups -OCH3 is 1. The highest BCUT2D eigenvalue weighted by atomic mass is 19.1. The van der Waals surface area contributed by atoms with Crippen LogP contribution in [0.25, 0.3) is 0 Å². The second-order valence-electron chi connectivity index (χ2n) is 3.18. The molecule has 1 aromatic carbocycles. The smallest absolute Gasteiger partial charge is 0.260 e. The van der Waals surface area contributed by atoms with Gasteiger partial charge in [-0.25, -0.2) is 4.39 Å². The maximum atomic E-state index is 13.5. The van der Waals surface area contributed by atoms with Crippen molar-refractivity contribution in [3.8, 4) is 5.75 Å². The van der Waals surface area contributed by atoms with Crippen LogP contribution in [-0.2, 0) is 6.42 Å². The zero-order valence-corrected chi connectivity index (χ0v) is 8.61. The number of rotatable bonds is 3. The van der Waals surface area contributed by atoms with Crippen LogP contribution in [0.2, 0.25) is 0 Å². The summed E-state index contributed by atoms with van der Waals surface area (Å²) in [6, 6.07) is 4.57. The molecule has 2 aromatic rings. The van der Waals surface area contributed by atoms with Gasteiger partial charge in [0.05, 0.1) is 13.5 Å². The van der Waals surface area contributed by atoms with Gasteiger partial charge in [0.25, 0.3) is 5.95 Å². The Hall–Kier alpha value is -2.11. The highest BCUT2D eigenvalue weighted by molar-refractivity contribution is 5.30. The van der Waals surface area contributed by atoms with Crippen LogP contribution in [0.5, 0.6) is 5.75 Å². The summed E-state index contributed by atoms with van der Waals surface area (Å²) in [5, 5.41) is 3.42. The molecule has 0 aliphatic heterocycles. The average Bonchev–Trinajstić information content (AvgIpc) is 2.67. The Morgan fingerprint density at radius 1 is 1.50 bits per heavy atom. The van der Waals surface area contributed by atoms with Crippen LogP contribution in [0.3, 0.4) is 0 Å². The van der Waals surface area contributed by atoms with Crippen molar-refractivity contribution < 1.29 is 13.7 Å². The van der Waals surface area contributed by atoms with E-state index in [1.54, 1.807) is 12.1 Å². The molecule has 84 valence electrons. The summed E-state index contributed by atoms with van der Waals surface area (Å²) < 4.78 is 23.2. The van der Waals surface area contributed by atoms with Gasteiger partial charge in [0.2, 0.25) is 5.89 Å². The number of aromatic nitrogens is 2. The molecule has 0 saturated heterocycles. The first-order chi connectivity index (χ1) is 7.69. The number of ether oxygens (including phenoxy) is 1. The minimum atomic E-state index is -0.379. The molecular weight excluding hydrogens is 213 g/mol. The topological polar surface area (TPSA) is 74.2 Å². The predicted molar refractivity (Wildman–Crippen MR) is 54.5 cm³/mol. The first-order valence-electron chi connectivity index (χ1n) is 4.59. The lowest BCUT2D eigenvalue weighted by Crippen LogP contribution is -1.95. The van der Waals surface area contributed by atoms with Gasteiger partial charge >= 0.3 is 0 Å². The molecule has 6 heteroatoms. The number of hydrogen-bond acceptors (Lipinski definition) is 5. The molecule has 1 heterocycles. The van der Waals surface area contributed by atoms with Crippen molar-refractivity contribution in [1.29, 1.82) is 0 Å². The maximum Gasteiger partial charge on any atom is 0.260 e. The molecule has 0 fully saturated rings. The second kappa shape index (κ2) is 4.18. The van der Waals surface area contributed by atoms with Crippen molar-refractivity contribution in [2.45, 2.75) is 6.42 Å². The van der Waals surface area contributed by atoms with Gasteiger partial charge in [-0.05, 0) is 16.8 Å². The summed E-state index contributed by atoms with van der Waals surface area (Å²) in [4.78, 5) is 3.79. The minimum absolute atomic E-state index is 0.0453. The molecule has 0 aliphatic rings. The van der Waals surface area contributed by atoms with Gasteiger partial charge in [-0.15, -0.1) is 0 Å². The molecule has 0 radical (unpaired) electrons. The number of nitrogen functional groups attached to an aromatic ring is 1. The van der Waals surface area contributed by atoms with E-state index in [9.17, 15) is 4.39 Å². The summed E-state index contributed by atoms with van der Waals surface area (Å²) >= 11 is 0. The maximum absolute atomic E-state index is 13.5. The van der Waals surface area contributed by atoms with Gasteiger partial charge in [0.1, 0.15) is 11.6 Å². The monoisotopic (exact) mass is 223 g/mol. The standard InChI is InChI=1S/C10H10FN3O2/c1-15-7-3-2-6(8(11)5-7)4-9-13-10(12)14-16-9/h2-3,5H,4H2,1H3,(H2,12,14). The Kier molecular flexibility index (Phi) is 2.72. The number of halogens is 1. The van der Waals surface area contributed by atoms with Crippen LogP contribution in [0.1, 0.15) is 11.5 Å². The third-order valence-electron chi connectivity index (χ3n) is 2.09. The van der Waals surface area contributed by atoms with E-state index in [2.05, 4.69) is 10.1 Å². The molecule has 0 unspecified atom stereocenters. The fourth-order valence-corrected chi connectivity index (χ4v) is 1.30. The molecule has 0 bridgehead atoms. The van der Waals surface area contributed by atoms with Crippen molar-refractivity contribution in [2.24, 2.45) is 0 Å². The summed E-state index contributed by atoms with van der Waals surface area (Å²) in [6.07, 6.45) is 0.208. The third kappa shape index (κ3) is 2.10. The Balaban J connectivity index is 2.21.